The molecule has 0 bridgehead atoms. The molecule has 0 fully saturated rings. The molecule has 172 valence electrons. The van der Waals surface area contributed by atoms with Gasteiger partial charge in [-0.2, -0.15) is 0 Å². The number of aryl methyl sites for hydroxylation is 4. The van der Waals surface area contributed by atoms with Gasteiger partial charge in [0.2, 0.25) is 0 Å². The maximum Gasteiger partial charge on any atom is -0.00215 e. The molecule has 0 spiro atoms. The van der Waals surface area contributed by atoms with Crippen LogP contribution in [0.3, 0.4) is 0 Å². The summed E-state index contributed by atoms with van der Waals surface area (Å²) in [6, 6.07) is 35.9. The monoisotopic (exact) mass is 460 g/mol. The van der Waals surface area contributed by atoms with Crippen LogP contribution in [0.1, 0.15) is 22.3 Å². The van der Waals surface area contributed by atoms with Gasteiger partial charge in [-0.05, 0) is 115 Å². The van der Waals surface area contributed by atoms with Crippen molar-refractivity contribution in [3.8, 4) is 0 Å². The third-order valence-electron chi connectivity index (χ3n) is 7.86. The lowest BCUT2D eigenvalue weighted by atomic mass is 9.90. The Morgan fingerprint density at radius 1 is 0.333 bits per heavy atom. The van der Waals surface area contributed by atoms with Gasteiger partial charge in [0.15, 0.2) is 0 Å². The minimum atomic E-state index is 1.33. The van der Waals surface area contributed by atoms with Crippen LogP contribution in [0, 0.1) is 27.7 Å². The molecule has 8 aromatic carbocycles. The van der Waals surface area contributed by atoms with Gasteiger partial charge in [-0.25, -0.2) is 0 Å². The van der Waals surface area contributed by atoms with E-state index in [1.54, 1.807) is 0 Å². The van der Waals surface area contributed by atoms with E-state index in [1.165, 1.54) is 86.9 Å². The van der Waals surface area contributed by atoms with Gasteiger partial charge >= 0.3 is 0 Å². The Balaban J connectivity index is 0.000000122. The zero-order chi connectivity index (χ0) is 24.6. The Labute approximate surface area is 211 Å². The van der Waals surface area contributed by atoms with Crippen molar-refractivity contribution in [2.24, 2.45) is 0 Å². The molecule has 8 aromatic rings. The topological polar surface area (TPSA) is 0 Å². The maximum absolute atomic E-state index is 2.30. The molecule has 0 saturated carbocycles. The first-order valence-corrected chi connectivity index (χ1v) is 12.8. The summed E-state index contributed by atoms with van der Waals surface area (Å²) < 4.78 is 0. The fourth-order valence-corrected chi connectivity index (χ4v) is 6.37. The van der Waals surface area contributed by atoms with E-state index in [9.17, 15) is 0 Å². The summed E-state index contributed by atoms with van der Waals surface area (Å²) in [5, 5.41) is 16.6. The van der Waals surface area contributed by atoms with Crippen LogP contribution in [0.4, 0.5) is 0 Å². The Kier molecular flexibility index (Phi) is 4.51. The van der Waals surface area contributed by atoms with Crippen molar-refractivity contribution in [3.05, 3.63) is 119 Å². The second-order valence-electron chi connectivity index (χ2n) is 10.5. The number of benzene rings is 8. The van der Waals surface area contributed by atoms with E-state index >= 15 is 0 Å². The zero-order valence-electron chi connectivity index (χ0n) is 21.2. The van der Waals surface area contributed by atoms with Crippen LogP contribution in [0.2, 0.25) is 0 Å². The van der Waals surface area contributed by atoms with Gasteiger partial charge in [-0.3, -0.25) is 0 Å². The molecule has 0 unspecified atom stereocenters. The van der Waals surface area contributed by atoms with Crippen LogP contribution in [-0.4, -0.2) is 0 Å². The summed E-state index contributed by atoms with van der Waals surface area (Å²) in [5.41, 5.74) is 5.39. The van der Waals surface area contributed by atoms with Crippen LogP contribution < -0.4 is 0 Å². The molecule has 0 amide bonds. The second kappa shape index (κ2) is 7.67. The Morgan fingerprint density at radius 2 is 0.667 bits per heavy atom. The highest BCUT2D eigenvalue weighted by Crippen LogP contribution is 2.38. The van der Waals surface area contributed by atoms with Crippen molar-refractivity contribution in [1.82, 2.24) is 0 Å². The summed E-state index contributed by atoms with van der Waals surface area (Å²) in [6.07, 6.45) is 0. The molecule has 0 heterocycles. The molecule has 0 aromatic heterocycles. The van der Waals surface area contributed by atoms with Crippen molar-refractivity contribution in [1.29, 1.82) is 0 Å². The summed E-state index contributed by atoms with van der Waals surface area (Å²) in [6.45, 7) is 8.75. The van der Waals surface area contributed by atoms with Gasteiger partial charge in [0.1, 0.15) is 0 Å². The van der Waals surface area contributed by atoms with E-state index in [2.05, 4.69) is 125 Å². The molecular weight excluding hydrogens is 432 g/mol. The molecule has 0 aliphatic heterocycles. The van der Waals surface area contributed by atoms with Gasteiger partial charge in [-0.1, -0.05) is 97.1 Å². The van der Waals surface area contributed by atoms with Crippen LogP contribution in [0.15, 0.2) is 97.1 Å². The van der Waals surface area contributed by atoms with Gasteiger partial charge in [0.05, 0.1) is 0 Å². The lowest BCUT2D eigenvalue weighted by Crippen LogP contribution is -1.88. The average molecular weight is 461 g/mol. The summed E-state index contributed by atoms with van der Waals surface area (Å²) in [5.74, 6) is 0. The van der Waals surface area contributed by atoms with Gasteiger partial charge in [-0.15, -0.1) is 0 Å². The van der Waals surface area contributed by atoms with E-state index in [-0.39, 0.29) is 0 Å². The average Bonchev–Trinajstić information content (AvgIpc) is 2.86. The number of hydrogen-bond donors (Lipinski definition) is 0. The van der Waals surface area contributed by atoms with Crippen LogP contribution in [0.5, 0.6) is 0 Å². The Morgan fingerprint density at radius 3 is 1.08 bits per heavy atom. The summed E-state index contributed by atoms with van der Waals surface area (Å²) in [4.78, 5) is 0. The minimum Gasteiger partial charge on any atom is -0.0610 e. The SMILES string of the molecule is Cc1cc2ccc3cc(C)cc4ccc(c1)c2c34.Cc1cc2cccc3cc(C)c4cccc1c4c23. The zero-order valence-corrected chi connectivity index (χ0v) is 21.2. The minimum absolute atomic E-state index is 1.33. The number of hydrogen-bond acceptors (Lipinski definition) is 0. The van der Waals surface area contributed by atoms with Crippen LogP contribution in [0.25, 0.3) is 64.6 Å². The molecule has 0 aliphatic rings. The lowest BCUT2D eigenvalue weighted by molar-refractivity contribution is 1.51. The third kappa shape index (κ3) is 3.08. The van der Waals surface area contributed by atoms with E-state index in [0.29, 0.717) is 0 Å². The first-order valence-electron chi connectivity index (χ1n) is 12.8. The molecule has 36 heavy (non-hydrogen) atoms. The molecule has 0 radical (unpaired) electrons. The van der Waals surface area contributed by atoms with Gasteiger partial charge in [0, 0.05) is 0 Å². The van der Waals surface area contributed by atoms with Gasteiger partial charge in [0.25, 0.3) is 0 Å². The first-order chi connectivity index (χ1) is 17.5. The molecular formula is C36H28. The second-order valence-corrected chi connectivity index (χ2v) is 10.5. The normalized spacial score (nSPS) is 11.9. The first kappa shape index (κ1) is 21.1. The van der Waals surface area contributed by atoms with Crippen molar-refractivity contribution in [2.75, 3.05) is 0 Å². The molecule has 0 saturated heterocycles. The molecule has 0 atom stereocenters. The molecule has 0 nitrogen and oxygen atoms in total. The largest absolute Gasteiger partial charge is 0.0610 e. The predicted molar refractivity (Wildman–Crippen MR) is 159 cm³/mol. The van der Waals surface area contributed by atoms with Crippen molar-refractivity contribution in [2.45, 2.75) is 27.7 Å². The summed E-state index contributed by atoms with van der Waals surface area (Å²) in [7, 11) is 0. The highest BCUT2D eigenvalue weighted by molar-refractivity contribution is 6.25. The van der Waals surface area contributed by atoms with Crippen molar-refractivity contribution < 1.29 is 0 Å². The standard InChI is InChI=1S/2C18H14/c1-11-7-13-3-5-15-9-12(2)10-16-6-4-14(8-11)17(13)18(15)16;1-11-9-13-5-3-6-14-10-12(2)16-8-4-7-15(11)18(16)17(13)14/h2*3-10H,1-2H3. The van der Waals surface area contributed by atoms with E-state index in [4.69, 9.17) is 0 Å². The highest BCUT2D eigenvalue weighted by atomic mass is 14.1. The van der Waals surface area contributed by atoms with Gasteiger partial charge < -0.3 is 0 Å². The lowest BCUT2D eigenvalue weighted by Gasteiger charge is -2.14. The third-order valence-corrected chi connectivity index (χ3v) is 7.86. The maximum atomic E-state index is 2.30. The van der Waals surface area contributed by atoms with Crippen LogP contribution >= 0.6 is 0 Å². The van der Waals surface area contributed by atoms with Crippen LogP contribution in [-0.2, 0) is 0 Å². The fraction of sp³-hybridized carbons (Fsp3) is 0.111. The van der Waals surface area contributed by atoms with E-state index < -0.39 is 0 Å². The highest BCUT2D eigenvalue weighted by Gasteiger charge is 2.11. The molecule has 0 aliphatic carbocycles. The Hall–Kier alpha value is -4.16. The van der Waals surface area contributed by atoms with E-state index in [0.717, 1.165) is 0 Å². The molecule has 0 N–H and O–H groups in total. The fourth-order valence-electron chi connectivity index (χ4n) is 6.37. The van der Waals surface area contributed by atoms with E-state index in [1.807, 2.05) is 0 Å². The summed E-state index contributed by atoms with van der Waals surface area (Å²) >= 11 is 0. The predicted octanol–water partition coefficient (Wildman–Crippen LogP) is 10.4. The smallest absolute Gasteiger partial charge is 0.00215 e. The quantitative estimate of drug-likeness (QED) is 0.197. The Bertz CT molecular complexity index is 1860. The van der Waals surface area contributed by atoms with Crippen molar-refractivity contribution >= 4 is 64.6 Å². The molecule has 0 heteroatoms. The molecule has 8 rings (SSSR count). The number of rotatable bonds is 0. The van der Waals surface area contributed by atoms with Crippen molar-refractivity contribution in [3.63, 3.8) is 0 Å².